The first-order valence-corrected chi connectivity index (χ1v) is 5.73. The van der Waals surface area contributed by atoms with Crippen molar-refractivity contribution in [1.29, 1.82) is 0 Å². The lowest BCUT2D eigenvalue weighted by Gasteiger charge is -1.90. The van der Waals surface area contributed by atoms with Crippen molar-refractivity contribution in [3.05, 3.63) is 26.9 Å². The Labute approximate surface area is 98.2 Å². The molecule has 0 aliphatic rings. The van der Waals surface area contributed by atoms with Crippen molar-refractivity contribution < 1.29 is 9.53 Å². The van der Waals surface area contributed by atoms with Gasteiger partial charge in [-0.3, -0.25) is 4.98 Å². The number of carbonyl (C=O) groups is 1. The van der Waals surface area contributed by atoms with E-state index in [-0.39, 0.29) is 5.97 Å². The van der Waals surface area contributed by atoms with Gasteiger partial charge < -0.3 is 4.74 Å². The predicted octanol–water partition coefficient (Wildman–Crippen LogP) is 2.69. The fraction of sp³-hybridized carbons (Fsp3) is 0.111. The highest BCUT2D eigenvalue weighted by Gasteiger charge is 2.11. The molecule has 0 fully saturated rings. The molecule has 0 aliphatic heterocycles. The fourth-order valence-electron chi connectivity index (χ4n) is 1.13. The summed E-state index contributed by atoms with van der Waals surface area (Å²) in [6.45, 7) is 0. The molecule has 0 radical (unpaired) electrons. The number of esters is 1. The number of hydrogen-bond donors (Lipinski definition) is 0. The second-order valence-corrected chi connectivity index (χ2v) is 4.88. The number of halogens is 1. The molecule has 2 rings (SSSR count). The number of ether oxygens (including phenoxy) is 1. The van der Waals surface area contributed by atoms with E-state index in [1.807, 2.05) is 6.07 Å². The maximum Gasteiger partial charge on any atom is 0.348 e. The van der Waals surface area contributed by atoms with Crippen LogP contribution in [-0.2, 0) is 4.74 Å². The van der Waals surface area contributed by atoms with Gasteiger partial charge in [0.2, 0.25) is 0 Å². The lowest BCUT2D eigenvalue weighted by Crippen LogP contribution is -1.96. The fourth-order valence-corrected chi connectivity index (χ4v) is 2.89. The van der Waals surface area contributed by atoms with Crippen molar-refractivity contribution in [2.24, 2.45) is 0 Å². The normalized spacial score (nSPS) is 10.4. The van der Waals surface area contributed by atoms with E-state index in [2.05, 4.69) is 32.3 Å². The van der Waals surface area contributed by atoms with E-state index in [0.717, 1.165) is 13.7 Å². The summed E-state index contributed by atoms with van der Waals surface area (Å²) in [5, 5.41) is 1.06. The Morgan fingerprint density at radius 2 is 2.36 bits per heavy atom. The zero-order valence-corrected chi connectivity index (χ0v) is 10.3. The van der Waals surface area contributed by atoms with Gasteiger partial charge in [-0.15, -0.1) is 11.3 Å². The van der Waals surface area contributed by atoms with Crippen LogP contribution in [0.1, 0.15) is 9.67 Å². The molecule has 2 aromatic rings. The van der Waals surface area contributed by atoms with Crippen molar-refractivity contribution in [3.8, 4) is 0 Å². The van der Waals surface area contributed by atoms with Gasteiger partial charge in [-0.05, 0) is 28.7 Å². The summed E-state index contributed by atoms with van der Waals surface area (Å²) < 4.78 is 6.71. The van der Waals surface area contributed by atoms with Gasteiger partial charge in [-0.2, -0.15) is 0 Å². The van der Waals surface area contributed by atoms with Crippen LogP contribution in [0.15, 0.2) is 18.5 Å². The highest BCUT2D eigenvalue weighted by atomic mass is 127. The summed E-state index contributed by atoms with van der Waals surface area (Å²) in [5.74, 6) is -0.290. The van der Waals surface area contributed by atoms with Crippen LogP contribution in [0.5, 0.6) is 0 Å². The van der Waals surface area contributed by atoms with Crippen LogP contribution < -0.4 is 0 Å². The number of methoxy groups -OCH3 is 1. The first kappa shape index (κ1) is 9.85. The van der Waals surface area contributed by atoms with Gasteiger partial charge in [0.05, 0.1) is 11.8 Å². The summed E-state index contributed by atoms with van der Waals surface area (Å²) in [6, 6.07) is 1.84. The molecule has 0 saturated carbocycles. The van der Waals surface area contributed by atoms with Crippen LogP contribution in [0, 0.1) is 3.57 Å². The third kappa shape index (κ3) is 1.61. The maximum absolute atomic E-state index is 11.3. The van der Waals surface area contributed by atoms with E-state index in [9.17, 15) is 4.79 Å². The monoisotopic (exact) mass is 319 g/mol. The molecule has 2 heterocycles. The third-order valence-electron chi connectivity index (χ3n) is 1.78. The lowest BCUT2D eigenvalue weighted by molar-refractivity contribution is 0.0606. The molecule has 0 bridgehead atoms. The first-order chi connectivity index (χ1) is 6.72. The van der Waals surface area contributed by atoms with Crippen LogP contribution in [0.25, 0.3) is 10.1 Å². The second kappa shape index (κ2) is 3.82. The standard InChI is InChI=1S/C9H6INO2S/c1-13-9(12)7-2-5-6(10)3-11-4-8(5)14-7/h2-4H,1H3. The van der Waals surface area contributed by atoms with Gasteiger partial charge in [0.15, 0.2) is 0 Å². The van der Waals surface area contributed by atoms with E-state index in [1.165, 1.54) is 18.4 Å². The highest BCUT2D eigenvalue weighted by Crippen LogP contribution is 2.28. The molecule has 0 aromatic carbocycles. The summed E-state index contributed by atoms with van der Waals surface area (Å²) in [5.41, 5.74) is 0. The summed E-state index contributed by atoms with van der Waals surface area (Å²) >= 11 is 3.60. The molecular weight excluding hydrogens is 313 g/mol. The molecule has 0 saturated heterocycles. The Bertz CT molecular complexity index is 495. The average Bonchev–Trinajstić information content (AvgIpc) is 2.62. The quantitative estimate of drug-likeness (QED) is 0.599. The number of aromatic nitrogens is 1. The molecule has 0 aliphatic carbocycles. The number of hydrogen-bond acceptors (Lipinski definition) is 4. The summed E-state index contributed by atoms with van der Waals surface area (Å²) in [4.78, 5) is 15.9. The van der Waals surface area contributed by atoms with Gasteiger partial charge in [0.1, 0.15) is 4.88 Å². The number of pyridine rings is 1. The van der Waals surface area contributed by atoms with Crippen molar-refractivity contribution in [1.82, 2.24) is 4.98 Å². The molecule has 14 heavy (non-hydrogen) atoms. The highest BCUT2D eigenvalue weighted by molar-refractivity contribution is 14.1. The van der Waals surface area contributed by atoms with Crippen molar-refractivity contribution in [3.63, 3.8) is 0 Å². The van der Waals surface area contributed by atoms with Crippen LogP contribution >= 0.6 is 33.9 Å². The Morgan fingerprint density at radius 3 is 3.00 bits per heavy atom. The Hall–Kier alpha value is -0.690. The van der Waals surface area contributed by atoms with E-state index in [1.54, 1.807) is 12.4 Å². The molecule has 0 unspecified atom stereocenters. The van der Waals surface area contributed by atoms with E-state index in [4.69, 9.17) is 0 Å². The smallest absolute Gasteiger partial charge is 0.348 e. The first-order valence-electron chi connectivity index (χ1n) is 3.83. The SMILES string of the molecule is COC(=O)c1cc2c(I)cncc2s1. The third-order valence-corrected chi connectivity index (χ3v) is 3.69. The van der Waals surface area contributed by atoms with Crippen LogP contribution in [0.4, 0.5) is 0 Å². The maximum atomic E-state index is 11.3. The topological polar surface area (TPSA) is 39.2 Å². The van der Waals surface area contributed by atoms with Crippen LogP contribution in [-0.4, -0.2) is 18.1 Å². The van der Waals surface area contributed by atoms with Gasteiger partial charge >= 0.3 is 5.97 Å². The van der Waals surface area contributed by atoms with E-state index in [0.29, 0.717) is 4.88 Å². The second-order valence-electron chi connectivity index (χ2n) is 2.64. The molecule has 5 heteroatoms. The Kier molecular flexibility index (Phi) is 2.69. The molecule has 0 N–H and O–H groups in total. The summed E-state index contributed by atoms with van der Waals surface area (Å²) in [7, 11) is 1.38. The van der Waals surface area contributed by atoms with E-state index >= 15 is 0 Å². The van der Waals surface area contributed by atoms with Crippen LogP contribution in [0.2, 0.25) is 0 Å². The number of rotatable bonds is 1. The van der Waals surface area contributed by atoms with Crippen molar-refractivity contribution in [2.45, 2.75) is 0 Å². The number of nitrogens with zero attached hydrogens (tertiary/aromatic N) is 1. The number of thiophene rings is 1. The van der Waals surface area contributed by atoms with Gasteiger partial charge in [-0.25, -0.2) is 4.79 Å². The minimum Gasteiger partial charge on any atom is -0.465 e. The minimum atomic E-state index is -0.290. The lowest BCUT2D eigenvalue weighted by atomic mass is 10.3. The molecule has 0 atom stereocenters. The van der Waals surface area contributed by atoms with Crippen molar-refractivity contribution in [2.75, 3.05) is 7.11 Å². The molecule has 2 aromatic heterocycles. The molecular formula is C9H6INO2S. The van der Waals surface area contributed by atoms with Crippen molar-refractivity contribution >= 4 is 50.0 Å². The summed E-state index contributed by atoms with van der Waals surface area (Å²) in [6.07, 6.45) is 3.53. The van der Waals surface area contributed by atoms with E-state index < -0.39 is 0 Å². The number of fused-ring (bicyclic) bond motifs is 1. The predicted molar refractivity (Wildman–Crippen MR) is 63.7 cm³/mol. The molecule has 3 nitrogen and oxygen atoms in total. The zero-order chi connectivity index (χ0) is 10.1. The molecule has 0 amide bonds. The zero-order valence-electron chi connectivity index (χ0n) is 7.28. The Balaban J connectivity index is 2.62. The molecule has 72 valence electrons. The number of carbonyl (C=O) groups excluding carboxylic acids is 1. The van der Waals surface area contributed by atoms with Gasteiger partial charge in [0, 0.05) is 21.4 Å². The van der Waals surface area contributed by atoms with Crippen LogP contribution in [0.3, 0.4) is 0 Å². The Morgan fingerprint density at radius 1 is 1.57 bits per heavy atom. The largest absolute Gasteiger partial charge is 0.465 e. The molecule has 0 spiro atoms. The van der Waals surface area contributed by atoms with Gasteiger partial charge in [-0.1, -0.05) is 0 Å². The average molecular weight is 319 g/mol. The van der Waals surface area contributed by atoms with Gasteiger partial charge in [0.25, 0.3) is 0 Å². The minimum absolute atomic E-state index is 0.290.